The zero-order valence-electron chi connectivity index (χ0n) is 10.1. The molecule has 0 radical (unpaired) electrons. The van der Waals surface area contributed by atoms with E-state index in [0.29, 0.717) is 12.2 Å². The monoisotopic (exact) mass is 275 g/mol. The summed E-state index contributed by atoms with van der Waals surface area (Å²) in [5, 5.41) is 1.85. The van der Waals surface area contributed by atoms with Gasteiger partial charge in [0.15, 0.2) is 0 Å². The molecule has 2 N–H and O–H groups in total. The Bertz CT molecular complexity index is 403. The van der Waals surface area contributed by atoms with E-state index in [4.69, 9.17) is 5.73 Å². The first-order valence-electron chi connectivity index (χ1n) is 5.63. The zero-order valence-corrected chi connectivity index (χ0v) is 10.9. The van der Waals surface area contributed by atoms with Gasteiger partial charge in [0.05, 0.1) is 5.57 Å². The first kappa shape index (κ1) is 15.0. The van der Waals surface area contributed by atoms with Gasteiger partial charge in [-0.15, -0.1) is 11.8 Å². The van der Waals surface area contributed by atoms with E-state index in [1.807, 2.05) is 12.3 Å². The van der Waals surface area contributed by atoms with E-state index in [1.165, 1.54) is 11.8 Å². The van der Waals surface area contributed by atoms with Gasteiger partial charge in [-0.05, 0) is 18.2 Å². The number of thioether (sulfide) groups is 1. The van der Waals surface area contributed by atoms with Crippen molar-refractivity contribution in [3.63, 3.8) is 0 Å². The maximum atomic E-state index is 12.5. The normalized spacial score (nSPS) is 17.2. The summed E-state index contributed by atoms with van der Waals surface area (Å²) >= 11 is 1.51. The molecule has 1 nitrogen and oxygen atoms in total. The van der Waals surface area contributed by atoms with Crippen LogP contribution in [0.1, 0.15) is 19.8 Å². The summed E-state index contributed by atoms with van der Waals surface area (Å²) in [4.78, 5) is 0. The lowest BCUT2D eigenvalue weighted by Gasteiger charge is -2.04. The summed E-state index contributed by atoms with van der Waals surface area (Å²) in [6.07, 6.45) is 2.41. The molecular formula is C13H16F3NS. The Morgan fingerprint density at radius 1 is 1.44 bits per heavy atom. The first-order chi connectivity index (χ1) is 8.43. The third-order valence-electron chi connectivity index (χ3n) is 2.42. The Morgan fingerprint density at radius 3 is 2.78 bits per heavy atom. The molecular weight excluding hydrogens is 259 g/mol. The van der Waals surface area contributed by atoms with Gasteiger partial charge in [0, 0.05) is 11.4 Å². The van der Waals surface area contributed by atoms with Gasteiger partial charge in [0.25, 0.3) is 0 Å². The van der Waals surface area contributed by atoms with Crippen molar-refractivity contribution in [2.24, 2.45) is 5.73 Å². The van der Waals surface area contributed by atoms with Crippen LogP contribution in [0.2, 0.25) is 0 Å². The number of hydrogen-bond acceptors (Lipinski definition) is 2. The van der Waals surface area contributed by atoms with Crippen LogP contribution >= 0.6 is 11.8 Å². The highest BCUT2D eigenvalue weighted by molar-refractivity contribution is 8.02. The van der Waals surface area contributed by atoms with Crippen LogP contribution in [0.4, 0.5) is 13.2 Å². The second-order valence-corrected chi connectivity index (χ2v) is 4.77. The standard InChI is InChI=1S/C13H16F3NS/c1-2-12(17)9-18-8-10-4-3-5-11(7-6-10)13(14,15)16/h3,5-7,9H,2,4,8,17H2,1H3/b12-9-. The molecule has 0 saturated carbocycles. The smallest absolute Gasteiger partial charge is 0.402 e. The molecule has 0 atom stereocenters. The Balaban J connectivity index is 2.62. The molecule has 0 spiro atoms. The maximum absolute atomic E-state index is 12.5. The minimum absolute atomic E-state index is 0.545. The van der Waals surface area contributed by atoms with Crippen molar-refractivity contribution in [3.05, 3.63) is 46.6 Å². The van der Waals surface area contributed by atoms with E-state index in [0.717, 1.165) is 29.8 Å². The van der Waals surface area contributed by atoms with Crippen LogP contribution in [0.5, 0.6) is 0 Å². The third kappa shape index (κ3) is 5.04. The van der Waals surface area contributed by atoms with Gasteiger partial charge in [-0.25, -0.2) is 0 Å². The summed E-state index contributed by atoms with van der Waals surface area (Å²) in [6.45, 7) is 1.96. The van der Waals surface area contributed by atoms with E-state index < -0.39 is 11.7 Å². The van der Waals surface area contributed by atoms with Crippen LogP contribution in [0.3, 0.4) is 0 Å². The predicted molar refractivity (Wildman–Crippen MR) is 71.0 cm³/mol. The molecule has 0 aromatic heterocycles. The van der Waals surface area contributed by atoms with Crippen LogP contribution < -0.4 is 5.73 Å². The molecule has 1 aliphatic rings. The second-order valence-electron chi connectivity index (χ2n) is 3.91. The third-order valence-corrected chi connectivity index (χ3v) is 3.42. The molecule has 0 unspecified atom stereocenters. The van der Waals surface area contributed by atoms with Crippen molar-refractivity contribution in [1.82, 2.24) is 0 Å². The predicted octanol–water partition coefficient (Wildman–Crippen LogP) is 4.30. The SMILES string of the molecule is CC/C(N)=C/SCC1=CC=C(C(F)(F)F)C=CC1. The molecule has 18 heavy (non-hydrogen) atoms. The van der Waals surface area contributed by atoms with Gasteiger partial charge >= 0.3 is 6.18 Å². The topological polar surface area (TPSA) is 26.0 Å². The Morgan fingerprint density at radius 2 is 2.17 bits per heavy atom. The van der Waals surface area contributed by atoms with E-state index in [1.54, 1.807) is 12.2 Å². The quantitative estimate of drug-likeness (QED) is 0.827. The molecule has 0 bridgehead atoms. The lowest BCUT2D eigenvalue weighted by Crippen LogP contribution is -2.09. The van der Waals surface area contributed by atoms with Gasteiger partial charge in [-0.1, -0.05) is 36.8 Å². The van der Waals surface area contributed by atoms with Crippen molar-refractivity contribution in [2.75, 3.05) is 5.75 Å². The van der Waals surface area contributed by atoms with Crippen molar-refractivity contribution in [1.29, 1.82) is 0 Å². The van der Waals surface area contributed by atoms with E-state index in [-0.39, 0.29) is 0 Å². The summed E-state index contributed by atoms with van der Waals surface area (Å²) < 4.78 is 37.4. The van der Waals surface area contributed by atoms with Gasteiger partial charge < -0.3 is 5.73 Å². The minimum atomic E-state index is -4.28. The molecule has 0 aromatic carbocycles. The second kappa shape index (κ2) is 6.73. The van der Waals surface area contributed by atoms with Crippen molar-refractivity contribution < 1.29 is 13.2 Å². The molecule has 0 fully saturated rings. The Hall–Kier alpha value is -1.10. The molecule has 1 aliphatic carbocycles. The average Bonchev–Trinajstić information content (AvgIpc) is 2.53. The number of nitrogens with two attached hydrogens (primary N) is 1. The average molecular weight is 275 g/mol. The van der Waals surface area contributed by atoms with E-state index >= 15 is 0 Å². The molecule has 0 saturated heterocycles. The molecule has 1 rings (SSSR count). The number of hydrogen-bond donors (Lipinski definition) is 1. The highest BCUT2D eigenvalue weighted by Gasteiger charge is 2.31. The van der Waals surface area contributed by atoms with Crippen LogP contribution in [-0.4, -0.2) is 11.9 Å². The van der Waals surface area contributed by atoms with Crippen molar-refractivity contribution in [2.45, 2.75) is 25.9 Å². The van der Waals surface area contributed by atoms with E-state index in [9.17, 15) is 13.2 Å². The summed E-state index contributed by atoms with van der Waals surface area (Å²) in [7, 11) is 0. The van der Waals surface area contributed by atoms with Crippen LogP contribution in [0, 0.1) is 0 Å². The van der Waals surface area contributed by atoms with Crippen LogP contribution in [0.25, 0.3) is 0 Å². The molecule has 0 amide bonds. The first-order valence-corrected chi connectivity index (χ1v) is 6.68. The lowest BCUT2D eigenvalue weighted by molar-refractivity contribution is -0.0881. The number of alkyl halides is 3. The van der Waals surface area contributed by atoms with Gasteiger partial charge in [-0.2, -0.15) is 13.2 Å². The Kier molecular flexibility index (Phi) is 5.59. The van der Waals surface area contributed by atoms with Gasteiger partial charge in [0.1, 0.15) is 0 Å². The number of allylic oxidation sites excluding steroid dienone is 6. The van der Waals surface area contributed by atoms with Gasteiger partial charge in [0.2, 0.25) is 0 Å². The number of halogens is 3. The fraction of sp³-hybridized carbons (Fsp3) is 0.385. The molecule has 0 aromatic rings. The largest absolute Gasteiger partial charge is 0.416 e. The van der Waals surface area contributed by atoms with Crippen molar-refractivity contribution in [3.8, 4) is 0 Å². The highest BCUT2D eigenvalue weighted by atomic mass is 32.2. The Labute approximate surface area is 109 Å². The molecule has 5 heteroatoms. The summed E-state index contributed by atoms with van der Waals surface area (Å²) in [5.41, 5.74) is 6.78. The fourth-order valence-electron chi connectivity index (χ4n) is 1.30. The van der Waals surface area contributed by atoms with Crippen LogP contribution in [-0.2, 0) is 0 Å². The maximum Gasteiger partial charge on any atom is 0.416 e. The minimum Gasteiger partial charge on any atom is -0.402 e. The zero-order chi connectivity index (χ0) is 13.6. The fourth-order valence-corrected chi connectivity index (χ4v) is 2.20. The highest BCUT2D eigenvalue weighted by Crippen LogP contribution is 2.29. The number of rotatable bonds is 4. The summed E-state index contributed by atoms with van der Waals surface area (Å²) in [6, 6.07) is 0. The molecule has 0 heterocycles. The summed E-state index contributed by atoms with van der Waals surface area (Å²) in [5.74, 6) is 0.659. The van der Waals surface area contributed by atoms with Crippen molar-refractivity contribution >= 4 is 11.8 Å². The van der Waals surface area contributed by atoms with Gasteiger partial charge in [-0.3, -0.25) is 0 Å². The van der Waals surface area contributed by atoms with Crippen LogP contribution in [0.15, 0.2) is 46.6 Å². The van der Waals surface area contributed by atoms with E-state index in [2.05, 4.69) is 0 Å². The molecule has 100 valence electrons. The molecule has 0 aliphatic heterocycles. The lowest BCUT2D eigenvalue weighted by atomic mass is 10.2.